The van der Waals surface area contributed by atoms with Crippen LogP contribution in [0.3, 0.4) is 0 Å². The maximum Gasteiger partial charge on any atom is 0.131 e. The van der Waals surface area contributed by atoms with Gasteiger partial charge in [-0.25, -0.2) is 0 Å². The number of rotatable bonds is 0. The van der Waals surface area contributed by atoms with E-state index >= 15 is 0 Å². The zero-order valence-electron chi connectivity index (χ0n) is 13.5. The number of benzene rings is 3. The molecular formula is C23H15NO. The summed E-state index contributed by atoms with van der Waals surface area (Å²) in [5.41, 5.74) is 15.2. The van der Waals surface area contributed by atoms with Crippen molar-refractivity contribution < 1.29 is 4.42 Å². The van der Waals surface area contributed by atoms with Crippen molar-refractivity contribution in [2.75, 3.05) is 5.73 Å². The summed E-state index contributed by atoms with van der Waals surface area (Å²) in [7, 11) is 0. The molecule has 2 N–H and O–H groups in total. The maximum atomic E-state index is 6.11. The second-order valence-electron chi connectivity index (χ2n) is 6.81. The molecule has 0 bridgehead atoms. The van der Waals surface area contributed by atoms with Crippen molar-refractivity contribution in [2.45, 2.75) is 5.41 Å². The molecule has 0 unspecified atom stereocenters. The molecule has 3 aromatic carbocycles. The quantitative estimate of drug-likeness (QED) is 0.390. The lowest BCUT2D eigenvalue weighted by Gasteiger charge is -2.28. The molecule has 6 rings (SSSR count). The van der Waals surface area contributed by atoms with Gasteiger partial charge in [0, 0.05) is 11.3 Å². The summed E-state index contributed by atoms with van der Waals surface area (Å²) < 4.78 is 6.11. The second kappa shape index (κ2) is 4.22. The number of fused-ring (bicyclic) bond motifs is 10. The first-order valence-electron chi connectivity index (χ1n) is 8.49. The van der Waals surface area contributed by atoms with Gasteiger partial charge in [-0.2, -0.15) is 0 Å². The number of anilines is 1. The minimum absolute atomic E-state index is 0.380. The molecule has 0 saturated heterocycles. The van der Waals surface area contributed by atoms with E-state index in [1.807, 2.05) is 6.07 Å². The summed E-state index contributed by atoms with van der Waals surface area (Å²) >= 11 is 0. The molecule has 0 fully saturated rings. The molecule has 0 atom stereocenters. The highest BCUT2D eigenvalue weighted by Gasteiger charge is 2.53. The van der Waals surface area contributed by atoms with Crippen molar-refractivity contribution in [3.05, 3.63) is 102 Å². The van der Waals surface area contributed by atoms with Gasteiger partial charge in [0.2, 0.25) is 0 Å². The second-order valence-corrected chi connectivity index (χ2v) is 6.81. The third kappa shape index (κ3) is 1.34. The molecule has 1 heterocycles. The third-order valence-corrected chi connectivity index (χ3v) is 5.70. The monoisotopic (exact) mass is 321 g/mol. The van der Waals surface area contributed by atoms with Crippen LogP contribution in [0.25, 0.3) is 22.3 Å². The Balaban J connectivity index is 1.87. The highest BCUT2D eigenvalue weighted by Crippen LogP contribution is 2.62. The average molecular weight is 321 g/mol. The highest BCUT2D eigenvalue weighted by molar-refractivity contribution is 5.94. The molecule has 2 aliphatic rings. The van der Waals surface area contributed by atoms with Crippen LogP contribution in [-0.4, -0.2) is 0 Å². The molecule has 4 aromatic rings. The Bertz CT molecular complexity index is 1120. The maximum absolute atomic E-state index is 6.11. The molecule has 0 aliphatic heterocycles. The van der Waals surface area contributed by atoms with E-state index in [0.717, 1.165) is 17.0 Å². The molecule has 25 heavy (non-hydrogen) atoms. The molecule has 0 amide bonds. The summed E-state index contributed by atoms with van der Waals surface area (Å²) in [5.74, 6) is 1.01. The topological polar surface area (TPSA) is 39.2 Å². The summed E-state index contributed by atoms with van der Waals surface area (Å²) in [6.07, 6.45) is 1.79. The first-order valence-corrected chi connectivity index (χ1v) is 8.49. The fourth-order valence-corrected chi connectivity index (χ4v) is 4.82. The smallest absolute Gasteiger partial charge is 0.131 e. The van der Waals surface area contributed by atoms with Crippen LogP contribution in [0.2, 0.25) is 0 Å². The van der Waals surface area contributed by atoms with E-state index in [4.69, 9.17) is 10.2 Å². The van der Waals surface area contributed by atoms with Crippen molar-refractivity contribution in [3.63, 3.8) is 0 Å². The number of nitrogens with two attached hydrogens (primary N) is 1. The Morgan fingerprint density at radius 1 is 0.640 bits per heavy atom. The predicted octanol–water partition coefficient (Wildman–Crippen LogP) is 5.21. The summed E-state index contributed by atoms with van der Waals surface area (Å²) in [4.78, 5) is 0. The molecule has 0 radical (unpaired) electrons. The SMILES string of the molecule is Nc1ccc2c(c1)-c1ccoc1C21c2ccccc2-c2ccccc21. The Kier molecular flexibility index (Phi) is 2.21. The average Bonchev–Trinajstić information content (AvgIpc) is 3.30. The van der Waals surface area contributed by atoms with Gasteiger partial charge in [0.15, 0.2) is 0 Å². The fraction of sp³-hybridized carbons (Fsp3) is 0.0435. The Hall–Kier alpha value is -3.26. The lowest BCUT2D eigenvalue weighted by molar-refractivity contribution is 0.474. The van der Waals surface area contributed by atoms with Crippen LogP contribution in [0.4, 0.5) is 5.69 Å². The van der Waals surface area contributed by atoms with Crippen LogP contribution in [-0.2, 0) is 5.41 Å². The van der Waals surface area contributed by atoms with Gasteiger partial charge in [-0.3, -0.25) is 0 Å². The van der Waals surface area contributed by atoms with E-state index < -0.39 is 0 Å². The van der Waals surface area contributed by atoms with E-state index in [1.54, 1.807) is 6.26 Å². The minimum Gasteiger partial charge on any atom is -0.467 e. The third-order valence-electron chi connectivity index (χ3n) is 5.70. The molecule has 1 spiro atoms. The lowest BCUT2D eigenvalue weighted by atomic mass is 9.73. The molecule has 118 valence electrons. The van der Waals surface area contributed by atoms with Crippen LogP contribution in [0.15, 0.2) is 83.5 Å². The van der Waals surface area contributed by atoms with E-state index in [2.05, 4.69) is 66.7 Å². The van der Waals surface area contributed by atoms with Gasteiger partial charge in [0.1, 0.15) is 11.2 Å². The molecule has 2 nitrogen and oxygen atoms in total. The van der Waals surface area contributed by atoms with Crippen molar-refractivity contribution in [2.24, 2.45) is 0 Å². The van der Waals surface area contributed by atoms with E-state index in [1.165, 1.54) is 33.4 Å². The molecule has 2 heteroatoms. The number of hydrogen-bond acceptors (Lipinski definition) is 2. The van der Waals surface area contributed by atoms with Crippen molar-refractivity contribution in [1.82, 2.24) is 0 Å². The van der Waals surface area contributed by atoms with Crippen molar-refractivity contribution in [3.8, 4) is 22.3 Å². The van der Waals surface area contributed by atoms with Gasteiger partial charge in [-0.1, -0.05) is 54.6 Å². The minimum atomic E-state index is -0.380. The molecular weight excluding hydrogens is 306 g/mol. The lowest BCUT2D eigenvalue weighted by Crippen LogP contribution is -2.25. The number of furan rings is 1. The zero-order chi connectivity index (χ0) is 16.6. The Labute approximate surface area is 145 Å². The van der Waals surface area contributed by atoms with Gasteiger partial charge in [-0.15, -0.1) is 0 Å². The van der Waals surface area contributed by atoms with Gasteiger partial charge < -0.3 is 10.2 Å². The number of hydrogen-bond donors (Lipinski definition) is 1. The predicted molar refractivity (Wildman–Crippen MR) is 99.4 cm³/mol. The zero-order valence-corrected chi connectivity index (χ0v) is 13.5. The van der Waals surface area contributed by atoms with Crippen LogP contribution >= 0.6 is 0 Å². The first kappa shape index (κ1) is 13.1. The molecule has 0 saturated carbocycles. The first-order chi connectivity index (χ1) is 12.3. The summed E-state index contributed by atoms with van der Waals surface area (Å²) in [6.45, 7) is 0. The standard InChI is InChI=1S/C23H15NO/c24-14-9-10-21-18(13-14)17-11-12-25-22(17)23(21)19-7-3-1-5-15(19)16-6-2-4-8-20(16)23/h1-13H,24H2. The molecule has 1 aromatic heterocycles. The normalized spacial score (nSPS) is 14.9. The largest absolute Gasteiger partial charge is 0.467 e. The van der Waals surface area contributed by atoms with Crippen LogP contribution in [0, 0.1) is 0 Å². The Morgan fingerprint density at radius 3 is 2.00 bits per heavy atom. The number of nitrogen functional groups attached to an aromatic ring is 1. The van der Waals surface area contributed by atoms with Gasteiger partial charge in [-0.05, 0) is 51.6 Å². The van der Waals surface area contributed by atoms with E-state index in [0.29, 0.717) is 0 Å². The molecule has 2 aliphatic carbocycles. The van der Waals surface area contributed by atoms with Crippen LogP contribution in [0.5, 0.6) is 0 Å². The van der Waals surface area contributed by atoms with Crippen molar-refractivity contribution in [1.29, 1.82) is 0 Å². The van der Waals surface area contributed by atoms with E-state index in [9.17, 15) is 0 Å². The van der Waals surface area contributed by atoms with E-state index in [-0.39, 0.29) is 5.41 Å². The van der Waals surface area contributed by atoms with Gasteiger partial charge >= 0.3 is 0 Å². The van der Waals surface area contributed by atoms with Gasteiger partial charge in [0.25, 0.3) is 0 Å². The van der Waals surface area contributed by atoms with Crippen LogP contribution < -0.4 is 5.73 Å². The Morgan fingerprint density at radius 2 is 1.28 bits per heavy atom. The van der Waals surface area contributed by atoms with Crippen molar-refractivity contribution >= 4 is 5.69 Å². The van der Waals surface area contributed by atoms with Gasteiger partial charge in [0.05, 0.1) is 6.26 Å². The summed E-state index contributed by atoms with van der Waals surface area (Å²) in [5, 5.41) is 0. The summed E-state index contributed by atoms with van der Waals surface area (Å²) in [6, 6.07) is 25.6. The highest BCUT2D eigenvalue weighted by atomic mass is 16.3. The fourth-order valence-electron chi connectivity index (χ4n) is 4.82. The van der Waals surface area contributed by atoms with Crippen LogP contribution in [0.1, 0.15) is 22.5 Å².